The first-order valence-corrected chi connectivity index (χ1v) is 8.49. The Morgan fingerprint density at radius 1 is 1.52 bits per heavy atom. The Hall–Kier alpha value is -0.730. The van der Waals surface area contributed by atoms with Crippen LogP contribution in [0, 0.1) is 5.82 Å². The number of hydrogen-bond acceptors (Lipinski definition) is 4. The number of nitrogens with one attached hydrogen (secondary N) is 1. The van der Waals surface area contributed by atoms with E-state index in [1.807, 2.05) is 0 Å². The van der Waals surface area contributed by atoms with E-state index in [1.54, 1.807) is 0 Å². The molecule has 1 N–H and O–H groups in total. The van der Waals surface area contributed by atoms with Crippen LogP contribution in [0.1, 0.15) is 12.0 Å². The predicted octanol–water partition coefficient (Wildman–Crippen LogP) is 1.70. The second kappa shape index (κ2) is 7.02. The Morgan fingerprint density at radius 2 is 2.29 bits per heavy atom. The average molecular weight is 338 g/mol. The molecule has 21 heavy (non-hydrogen) atoms. The normalized spacial score (nSPS) is 23.2. The maximum atomic E-state index is 13.7. The third-order valence-electron chi connectivity index (χ3n) is 3.30. The van der Waals surface area contributed by atoms with E-state index in [1.165, 1.54) is 19.2 Å². The highest BCUT2D eigenvalue weighted by atomic mass is 35.5. The molecular weight excluding hydrogens is 321 g/mol. The van der Waals surface area contributed by atoms with Gasteiger partial charge in [0.15, 0.2) is 0 Å². The Labute approximate surface area is 128 Å². The smallest absolute Gasteiger partial charge is 0.216 e. The summed E-state index contributed by atoms with van der Waals surface area (Å²) in [7, 11) is -2.18. The maximum absolute atomic E-state index is 13.7. The lowest BCUT2D eigenvalue weighted by molar-refractivity contribution is -0.0448. The minimum absolute atomic E-state index is 0.0768. The van der Waals surface area contributed by atoms with Gasteiger partial charge in [0.1, 0.15) is 5.82 Å². The van der Waals surface area contributed by atoms with Crippen LogP contribution in [-0.4, -0.2) is 40.9 Å². The van der Waals surface area contributed by atoms with E-state index in [-0.39, 0.29) is 22.7 Å². The first-order valence-electron chi connectivity index (χ1n) is 6.46. The number of methoxy groups -OCH3 is 1. The largest absolute Gasteiger partial charge is 0.379 e. The van der Waals surface area contributed by atoms with Crippen molar-refractivity contribution in [1.82, 2.24) is 4.72 Å². The Balaban J connectivity index is 2.07. The zero-order valence-electron chi connectivity index (χ0n) is 11.5. The van der Waals surface area contributed by atoms with Crippen molar-refractivity contribution in [1.29, 1.82) is 0 Å². The summed E-state index contributed by atoms with van der Waals surface area (Å²) in [4.78, 5) is 0. The van der Waals surface area contributed by atoms with Gasteiger partial charge in [-0.05, 0) is 18.6 Å². The molecule has 1 saturated heterocycles. The lowest BCUT2D eigenvalue weighted by Gasteiger charge is -2.30. The van der Waals surface area contributed by atoms with Crippen molar-refractivity contribution in [2.45, 2.75) is 24.3 Å². The van der Waals surface area contributed by atoms with Crippen LogP contribution in [0.25, 0.3) is 0 Å². The monoisotopic (exact) mass is 337 g/mol. The van der Waals surface area contributed by atoms with Crippen molar-refractivity contribution < 1.29 is 22.3 Å². The average Bonchev–Trinajstić information content (AvgIpc) is 2.42. The molecule has 0 saturated carbocycles. The summed E-state index contributed by atoms with van der Waals surface area (Å²) in [6.45, 7) is 0.793. The highest BCUT2D eigenvalue weighted by molar-refractivity contribution is 7.88. The SMILES string of the molecule is COC1COCCC1NS(=O)(=O)Cc1ccc(Cl)cc1F. The van der Waals surface area contributed by atoms with Gasteiger partial charge in [-0.2, -0.15) is 0 Å². The summed E-state index contributed by atoms with van der Waals surface area (Å²) < 4.78 is 51.0. The lowest BCUT2D eigenvalue weighted by Crippen LogP contribution is -2.49. The van der Waals surface area contributed by atoms with Gasteiger partial charge in [0.2, 0.25) is 10.0 Å². The van der Waals surface area contributed by atoms with E-state index in [0.29, 0.717) is 19.6 Å². The zero-order valence-corrected chi connectivity index (χ0v) is 13.1. The summed E-state index contributed by atoms with van der Waals surface area (Å²) >= 11 is 5.65. The van der Waals surface area contributed by atoms with Crippen LogP contribution in [0.4, 0.5) is 4.39 Å². The van der Waals surface area contributed by atoms with Crippen molar-refractivity contribution in [3.63, 3.8) is 0 Å². The first-order chi connectivity index (χ1) is 9.91. The second-order valence-electron chi connectivity index (χ2n) is 4.86. The van der Waals surface area contributed by atoms with Crippen LogP contribution in [0.3, 0.4) is 0 Å². The predicted molar refractivity (Wildman–Crippen MR) is 77.2 cm³/mol. The van der Waals surface area contributed by atoms with Crippen LogP contribution in [0.2, 0.25) is 5.02 Å². The van der Waals surface area contributed by atoms with Gasteiger partial charge in [-0.25, -0.2) is 17.5 Å². The summed E-state index contributed by atoms with van der Waals surface area (Å²) in [5.74, 6) is -1.08. The fraction of sp³-hybridized carbons (Fsp3) is 0.538. The van der Waals surface area contributed by atoms with Gasteiger partial charge in [-0.15, -0.1) is 0 Å². The Bertz CT molecular complexity index is 596. The number of halogens is 2. The van der Waals surface area contributed by atoms with Crippen LogP contribution in [-0.2, 0) is 25.2 Å². The molecule has 0 spiro atoms. The molecule has 2 atom stereocenters. The van der Waals surface area contributed by atoms with E-state index >= 15 is 0 Å². The fourth-order valence-corrected chi connectivity index (χ4v) is 3.81. The molecule has 0 aliphatic carbocycles. The molecule has 0 bridgehead atoms. The topological polar surface area (TPSA) is 64.6 Å². The van der Waals surface area contributed by atoms with Crippen molar-refractivity contribution in [2.75, 3.05) is 20.3 Å². The summed E-state index contributed by atoms with van der Waals surface area (Å²) in [6.07, 6.45) is 0.171. The number of ether oxygens (including phenoxy) is 2. The van der Waals surface area contributed by atoms with Crippen molar-refractivity contribution in [3.8, 4) is 0 Å². The molecule has 1 heterocycles. The summed E-state index contributed by atoms with van der Waals surface area (Å²) in [6, 6.07) is 3.55. The number of rotatable bonds is 5. The summed E-state index contributed by atoms with van der Waals surface area (Å²) in [5, 5.41) is 0.227. The van der Waals surface area contributed by atoms with Crippen LogP contribution < -0.4 is 4.72 Å². The van der Waals surface area contributed by atoms with Gasteiger partial charge in [0.05, 0.1) is 24.5 Å². The van der Waals surface area contributed by atoms with Crippen molar-refractivity contribution in [3.05, 3.63) is 34.6 Å². The molecular formula is C13H17ClFNO4S. The van der Waals surface area contributed by atoms with Gasteiger partial charge >= 0.3 is 0 Å². The lowest BCUT2D eigenvalue weighted by atomic mass is 10.1. The Morgan fingerprint density at radius 3 is 2.95 bits per heavy atom. The standard InChI is InChI=1S/C13H17ClFNO4S/c1-19-13-7-20-5-4-12(13)16-21(17,18)8-9-2-3-10(14)6-11(9)15/h2-3,6,12-13,16H,4-5,7-8H2,1H3. The highest BCUT2D eigenvalue weighted by Crippen LogP contribution is 2.18. The first kappa shape index (κ1) is 16.6. The molecule has 2 rings (SSSR count). The number of sulfonamides is 1. The van der Waals surface area contributed by atoms with E-state index in [4.69, 9.17) is 21.1 Å². The van der Waals surface area contributed by atoms with E-state index in [0.717, 1.165) is 6.07 Å². The molecule has 118 valence electrons. The third-order valence-corrected chi connectivity index (χ3v) is 4.89. The molecule has 0 radical (unpaired) electrons. The quantitative estimate of drug-likeness (QED) is 0.888. The molecule has 1 aliphatic heterocycles. The van der Waals surface area contributed by atoms with Crippen LogP contribution in [0.15, 0.2) is 18.2 Å². The molecule has 0 aromatic heterocycles. The molecule has 2 unspecified atom stereocenters. The minimum Gasteiger partial charge on any atom is -0.379 e. The Kier molecular flexibility index (Phi) is 5.56. The molecule has 1 aromatic carbocycles. The van der Waals surface area contributed by atoms with Gasteiger partial charge < -0.3 is 9.47 Å². The number of benzene rings is 1. The van der Waals surface area contributed by atoms with Gasteiger partial charge in [-0.3, -0.25) is 0 Å². The van der Waals surface area contributed by atoms with Crippen LogP contribution in [0.5, 0.6) is 0 Å². The zero-order chi connectivity index (χ0) is 15.5. The second-order valence-corrected chi connectivity index (χ2v) is 7.05. The van der Waals surface area contributed by atoms with Gasteiger partial charge in [0.25, 0.3) is 0 Å². The van der Waals surface area contributed by atoms with Gasteiger partial charge in [-0.1, -0.05) is 17.7 Å². The molecule has 0 amide bonds. The van der Waals surface area contributed by atoms with Crippen LogP contribution >= 0.6 is 11.6 Å². The van der Waals surface area contributed by atoms with E-state index < -0.39 is 21.6 Å². The van der Waals surface area contributed by atoms with Crippen molar-refractivity contribution >= 4 is 21.6 Å². The molecule has 5 nitrogen and oxygen atoms in total. The maximum Gasteiger partial charge on any atom is 0.216 e. The third kappa shape index (κ3) is 4.62. The fourth-order valence-electron chi connectivity index (χ4n) is 2.19. The molecule has 8 heteroatoms. The van der Waals surface area contributed by atoms with E-state index in [9.17, 15) is 12.8 Å². The minimum atomic E-state index is -3.68. The molecule has 1 aromatic rings. The number of hydrogen-bond donors (Lipinski definition) is 1. The van der Waals surface area contributed by atoms with Crippen molar-refractivity contribution in [2.24, 2.45) is 0 Å². The molecule has 1 aliphatic rings. The van der Waals surface area contributed by atoms with E-state index in [2.05, 4.69) is 4.72 Å². The molecule has 1 fully saturated rings. The summed E-state index contributed by atoms with van der Waals surface area (Å²) in [5.41, 5.74) is 0.0768. The highest BCUT2D eigenvalue weighted by Gasteiger charge is 2.29. The van der Waals surface area contributed by atoms with Gasteiger partial charge in [0, 0.05) is 24.3 Å².